The number of anilines is 1. The summed E-state index contributed by atoms with van der Waals surface area (Å²) in [5.41, 5.74) is 0.207. The van der Waals surface area contributed by atoms with Crippen LogP contribution in [0.5, 0.6) is 0 Å². The monoisotopic (exact) mass is 205 g/mol. The standard InChI is InChI=1S/C10H11N3O2/c14-10(15)8-2-11-5-12-9(8)13-3-6-1-7(6)4-13/h2,5-7H,1,3-4H2,(H,14,15). The second kappa shape index (κ2) is 2.92. The summed E-state index contributed by atoms with van der Waals surface area (Å²) in [7, 11) is 0. The van der Waals surface area contributed by atoms with Crippen molar-refractivity contribution >= 4 is 11.8 Å². The number of carbonyl (C=O) groups is 1. The van der Waals surface area contributed by atoms with E-state index in [0.717, 1.165) is 24.9 Å². The molecule has 2 fully saturated rings. The topological polar surface area (TPSA) is 66.3 Å². The fourth-order valence-corrected chi connectivity index (χ4v) is 2.30. The number of hydrogen-bond acceptors (Lipinski definition) is 4. The lowest BCUT2D eigenvalue weighted by atomic mass is 10.3. The van der Waals surface area contributed by atoms with Gasteiger partial charge >= 0.3 is 5.97 Å². The van der Waals surface area contributed by atoms with Gasteiger partial charge in [-0.1, -0.05) is 0 Å². The number of piperidine rings is 1. The van der Waals surface area contributed by atoms with Crippen molar-refractivity contribution in [2.75, 3.05) is 18.0 Å². The first-order valence-corrected chi connectivity index (χ1v) is 5.04. The summed E-state index contributed by atoms with van der Waals surface area (Å²) >= 11 is 0. The highest BCUT2D eigenvalue weighted by molar-refractivity contribution is 5.92. The number of hydrogen-bond donors (Lipinski definition) is 1. The van der Waals surface area contributed by atoms with E-state index in [1.165, 1.54) is 18.9 Å². The van der Waals surface area contributed by atoms with E-state index in [4.69, 9.17) is 5.11 Å². The molecule has 1 aliphatic carbocycles. The van der Waals surface area contributed by atoms with Gasteiger partial charge in [0.25, 0.3) is 0 Å². The van der Waals surface area contributed by atoms with Crippen molar-refractivity contribution in [1.82, 2.24) is 9.97 Å². The lowest BCUT2D eigenvalue weighted by Crippen LogP contribution is -2.25. The lowest BCUT2D eigenvalue weighted by Gasteiger charge is -2.19. The zero-order chi connectivity index (χ0) is 10.4. The quantitative estimate of drug-likeness (QED) is 0.767. The molecule has 1 N–H and O–H groups in total. The van der Waals surface area contributed by atoms with Crippen LogP contribution < -0.4 is 4.90 Å². The van der Waals surface area contributed by atoms with Crippen LogP contribution in [0.3, 0.4) is 0 Å². The summed E-state index contributed by atoms with van der Waals surface area (Å²) in [6, 6.07) is 0. The molecule has 3 rings (SSSR count). The molecule has 2 atom stereocenters. The van der Waals surface area contributed by atoms with Gasteiger partial charge in [0.1, 0.15) is 17.7 Å². The van der Waals surface area contributed by atoms with Crippen molar-refractivity contribution in [2.24, 2.45) is 11.8 Å². The Labute approximate surface area is 86.8 Å². The molecule has 5 nitrogen and oxygen atoms in total. The smallest absolute Gasteiger partial charge is 0.341 e. The Balaban J connectivity index is 1.93. The summed E-state index contributed by atoms with van der Waals surface area (Å²) in [5, 5.41) is 9.00. The van der Waals surface area contributed by atoms with Crippen LogP contribution >= 0.6 is 0 Å². The Morgan fingerprint density at radius 2 is 2.20 bits per heavy atom. The SMILES string of the molecule is O=C(O)c1cncnc1N1CC2CC2C1. The molecule has 0 amide bonds. The molecule has 0 spiro atoms. The van der Waals surface area contributed by atoms with E-state index in [1.807, 2.05) is 0 Å². The van der Waals surface area contributed by atoms with Crippen molar-refractivity contribution in [2.45, 2.75) is 6.42 Å². The molecule has 1 aromatic heterocycles. The number of rotatable bonds is 2. The number of aromatic carboxylic acids is 1. The van der Waals surface area contributed by atoms with Crippen molar-refractivity contribution < 1.29 is 9.90 Å². The van der Waals surface area contributed by atoms with Gasteiger partial charge in [-0.05, 0) is 18.3 Å². The molecule has 2 heterocycles. The van der Waals surface area contributed by atoms with Gasteiger partial charge in [-0.3, -0.25) is 0 Å². The largest absolute Gasteiger partial charge is 0.477 e. The lowest BCUT2D eigenvalue weighted by molar-refractivity contribution is 0.0696. The average molecular weight is 205 g/mol. The Hall–Kier alpha value is -1.65. The maximum atomic E-state index is 11.0. The number of fused-ring (bicyclic) bond motifs is 1. The average Bonchev–Trinajstić information content (AvgIpc) is 2.86. The minimum Gasteiger partial charge on any atom is -0.477 e. The van der Waals surface area contributed by atoms with E-state index in [2.05, 4.69) is 14.9 Å². The number of aromatic nitrogens is 2. The highest BCUT2D eigenvalue weighted by Crippen LogP contribution is 2.46. The van der Waals surface area contributed by atoms with E-state index in [9.17, 15) is 4.79 Å². The van der Waals surface area contributed by atoms with Gasteiger partial charge in [-0.15, -0.1) is 0 Å². The van der Waals surface area contributed by atoms with Gasteiger partial charge in [-0.25, -0.2) is 14.8 Å². The Morgan fingerprint density at radius 1 is 1.47 bits per heavy atom. The van der Waals surface area contributed by atoms with Crippen molar-refractivity contribution in [3.63, 3.8) is 0 Å². The predicted octanol–water partition coefficient (Wildman–Crippen LogP) is 0.631. The zero-order valence-electron chi connectivity index (χ0n) is 8.13. The van der Waals surface area contributed by atoms with E-state index in [1.54, 1.807) is 0 Å². The van der Waals surface area contributed by atoms with E-state index < -0.39 is 5.97 Å². The number of carboxylic acid groups (broad SMARTS) is 1. The van der Waals surface area contributed by atoms with Crippen LogP contribution in [0.2, 0.25) is 0 Å². The van der Waals surface area contributed by atoms with Crippen molar-refractivity contribution in [3.8, 4) is 0 Å². The van der Waals surface area contributed by atoms with Crippen LogP contribution in [-0.2, 0) is 0 Å². The molecule has 2 unspecified atom stereocenters. The minimum absolute atomic E-state index is 0.207. The predicted molar refractivity (Wildman–Crippen MR) is 52.8 cm³/mol. The second-order valence-corrected chi connectivity index (χ2v) is 4.23. The summed E-state index contributed by atoms with van der Waals surface area (Å²) in [6.07, 6.45) is 4.07. The second-order valence-electron chi connectivity index (χ2n) is 4.23. The molecule has 0 radical (unpaired) electrons. The molecule has 1 saturated heterocycles. The Morgan fingerprint density at radius 3 is 2.87 bits per heavy atom. The fraction of sp³-hybridized carbons (Fsp3) is 0.500. The van der Waals surface area contributed by atoms with Gasteiger partial charge in [0.05, 0.1) is 0 Å². The molecular weight excluding hydrogens is 194 g/mol. The van der Waals surface area contributed by atoms with Crippen molar-refractivity contribution in [1.29, 1.82) is 0 Å². The van der Waals surface area contributed by atoms with Crippen LogP contribution in [0, 0.1) is 11.8 Å². The van der Waals surface area contributed by atoms with Crippen LogP contribution in [-0.4, -0.2) is 34.1 Å². The summed E-state index contributed by atoms with van der Waals surface area (Å²) in [5.74, 6) is 1.15. The molecule has 1 saturated carbocycles. The molecule has 78 valence electrons. The first kappa shape index (κ1) is 8.64. The summed E-state index contributed by atoms with van der Waals surface area (Å²) < 4.78 is 0. The van der Waals surface area contributed by atoms with Gasteiger partial charge in [0, 0.05) is 19.3 Å². The van der Waals surface area contributed by atoms with Crippen molar-refractivity contribution in [3.05, 3.63) is 18.1 Å². The third-order valence-electron chi connectivity index (χ3n) is 3.20. The molecule has 1 aromatic rings. The third-order valence-corrected chi connectivity index (χ3v) is 3.20. The highest BCUT2D eigenvalue weighted by atomic mass is 16.4. The van der Waals surface area contributed by atoms with E-state index >= 15 is 0 Å². The molecule has 5 heteroatoms. The number of carboxylic acids is 1. The van der Waals surface area contributed by atoms with Gasteiger partial charge in [-0.2, -0.15) is 0 Å². The number of nitrogens with zero attached hydrogens (tertiary/aromatic N) is 3. The van der Waals surface area contributed by atoms with Gasteiger partial charge < -0.3 is 10.0 Å². The van der Waals surface area contributed by atoms with E-state index in [0.29, 0.717) is 5.82 Å². The first-order valence-electron chi connectivity index (χ1n) is 5.04. The molecular formula is C10H11N3O2. The molecule has 15 heavy (non-hydrogen) atoms. The highest BCUT2D eigenvalue weighted by Gasteiger charge is 2.46. The molecule has 2 aliphatic rings. The van der Waals surface area contributed by atoms with Crippen LogP contribution in [0.4, 0.5) is 5.82 Å². The van der Waals surface area contributed by atoms with E-state index in [-0.39, 0.29) is 5.56 Å². The zero-order valence-corrected chi connectivity index (χ0v) is 8.13. The summed E-state index contributed by atoms with van der Waals surface area (Å²) in [6.45, 7) is 1.89. The minimum atomic E-state index is -0.953. The molecule has 0 bridgehead atoms. The Kier molecular flexibility index (Phi) is 1.68. The van der Waals surface area contributed by atoms with Crippen LogP contribution in [0.25, 0.3) is 0 Å². The maximum Gasteiger partial charge on any atom is 0.341 e. The molecule has 0 aromatic carbocycles. The van der Waals surface area contributed by atoms with Gasteiger partial charge in [0.15, 0.2) is 0 Å². The first-order chi connectivity index (χ1) is 7.25. The fourth-order valence-electron chi connectivity index (χ4n) is 2.30. The Bertz CT molecular complexity index is 411. The van der Waals surface area contributed by atoms with Crippen LogP contribution in [0.1, 0.15) is 16.8 Å². The van der Waals surface area contributed by atoms with Gasteiger partial charge in [0.2, 0.25) is 0 Å². The maximum absolute atomic E-state index is 11.0. The summed E-state index contributed by atoms with van der Waals surface area (Å²) in [4.78, 5) is 20.8. The third kappa shape index (κ3) is 1.35. The normalized spacial score (nSPS) is 27.6. The molecule has 1 aliphatic heterocycles. The van der Waals surface area contributed by atoms with Crippen LogP contribution in [0.15, 0.2) is 12.5 Å².